The number of phosphoric ester groups is 1. The van der Waals surface area contributed by atoms with Gasteiger partial charge in [0.25, 0.3) is 5.91 Å². The van der Waals surface area contributed by atoms with Crippen molar-refractivity contribution in [2.45, 2.75) is 117 Å². The van der Waals surface area contributed by atoms with Crippen LogP contribution in [0.25, 0.3) is 0 Å². The number of carbonyl (C=O) groups is 4. The molecule has 3 rings (SSSR count). The summed E-state index contributed by atoms with van der Waals surface area (Å²) in [5.41, 5.74) is 2.76. The van der Waals surface area contributed by atoms with Gasteiger partial charge in [-0.3, -0.25) is 37.8 Å². The number of carbonyl (C=O) groups excluding carboxylic acids is 4. The average Bonchev–Trinajstić information content (AvgIpc) is 3.67. The second kappa shape index (κ2) is 35.4. The Kier molecular flexibility index (Phi) is 30.9. The monoisotopic (exact) mass is 1180 g/mol. The molecule has 0 unspecified atom stereocenters. The van der Waals surface area contributed by atoms with Crippen LogP contribution in [0.3, 0.4) is 0 Å². The molecule has 7 N–H and O–H groups in total. The first-order valence-corrected chi connectivity index (χ1v) is 27.8. The zero-order chi connectivity index (χ0) is 60.2. The molecular weight excluding hydrogens is 1100 g/mol. The molecule has 462 valence electrons. The second-order valence-corrected chi connectivity index (χ2v) is 21.9. The van der Waals surface area contributed by atoms with Crippen LogP contribution >= 0.6 is 7.82 Å². The van der Waals surface area contributed by atoms with E-state index in [9.17, 15) is 33.6 Å². The Bertz CT molecular complexity index is 2320. The van der Waals surface area contributed by atoms with Crippen LogP contribution in [0.1, 0.15) is 84.5 Å². The van der Waals surface area contributed by atoms with Crippen molar-refractivity contribution in [3.63, 3.8) is 0 Å². The highest BCUT2D eigenvalue weighted by Crippen LogP contribution is 2.56. The summed E-state index contributed by atoms with van der Waals surface area (Å²) in [6.45, 7) is 18.7. The summed E-state index contributed by atoms with van der Waals surface area (Å²) in [5, 5.41) is 20.7. The zero-order valence-corrected chi connectivity index (χ0v) is 48.9. The lowest BCUT2D eigenvalue weighted by Crippen LogP contribution is -2.50. The highest BCUT2D eigenvalue weighted by atomic mass is 31.2. The van der Waals surface area contributed by atoms with Gasteiger partial charge in [-0.25, -0.2) is 14.2 Å². The third-order valence-corrected chi connectivity index (χ3v) is 12.8. The largest absolute Gasteiger partial charge is 0.475 e. The first kappa shape index (κ1) is 70.6. The van der Waals surface area contributed by atoms with Gasteiger partial charge in [-0.1, -0.05) is 19.9 Å². The Labute approximate surface area is 471 Å². The lowest BCUT2D eigenvalue weighted by atomic mass is 10.0. The zero-order valence-electron chi connectivity index (χ0n) is 48.0. The fraction of sp³-hybridized carbons (Fsp3) is 0.725. The predicted molar refractivity (Wildman–Crippen MR) is 288 cm³/mol. The van der Waals surface area contributed by atoms with Crippen molar-refractivity contribution in [1.82, 2.24) is 20.2 Å². The van der Waals surface area contributed by atoms with Crippen LogP contribution < -0.4 is 32.7 Å². The molecule has 1 fully saturated rings. The topological polar surface area (TPSA) is 335 Å². The van der Waals surface area contributed by atoms with E-state index in [1.165, 1.54) is 25.1 Å². The molecule has 0 aliphatic carbocycles. The van der Waals surface area contributed by atoms with Gasteiger partial charge in [-0.15, -0.1) is 0 Å². The smallest absolute Gasteiger partial charge is 0.444 e. The molecule has 27 nitrogen and oxygen atoms in total. The molecule has 1 saturated heterocycles. The molecule has 0 saturated carbocycles. The number of benzene rings is 1. The summed E-state index contributed by atoms with van der Waals surface area (Å²) in [7, 11) is -2.80. The van der Waals surface area contributed by atoms with E-state index in [2.05, 4.69) is 26.3 Å². The number of amides is 4. The van der Waals surface area contributed by atoms with Crippen molar-refractivity contribution in [3.8, 4) is 0 Å². The van der Waals surface area contributed by atoms with Crippen LogP contribution in [-0.4, -0.2) is 199 Å². The molecule has 30 heteroatoms. The van der Waals surface area contributed by atoms with Crippen LogP contribution in [0.15, 0.2) is 35.3 Å². The van der Waals surface area contributed by atoms with Gasteiger partial charge in [-0.05, 0) is 72.6 Å². The number of halogens is 2. The Morgan fingerprint density at radius 1 is 0.778 bits per heavy atom. The van der Waals surface area contributed by atoms with Crippen molar-refractivity contribution < 1.29 is 98.6 Å². The van der Waals surface area contributed by atoms with Gasteiger partial charge in [0.15, 0.2) is 6.10 Å². The number of ether oxygens (including phenoxy) is 10. The lowest BCUT2D eigenvalue weighted by Gasteiger charge is -2.31. The van der Waals surface area contributed by atoms with Crippen molar-refractivity contribution in [2.75, 3.05) is 130 Å². The number of nitrogens with two attached hydrogens (primary N) is 1. The van der Waals surface area contributed by atoms with Gasteiger partial charge in [0, 0.05) is 36.7 Å². The van der Waals surface area contributed by atoms with Gasteiger partial charge >= 0.3 is 25.5 Å². The van der Waals surface area contributed by atoms with Gasteiger partial charge < -0.3 is 74.2 Å². The van der Waals surface area contributed by atoms with Crippen molar-refractivity contribution in [3.05, 3.63) is 52.1 Å². The Morgan fingerprint density at radius 2 is 1.28 bits per heavy atom. The standard InChI is InChI=1S/C51H84F2N7O20P/c1-34(2)41(54)45(64)56-35(3)43(62)57-37-12-11-36(38(31-37)44(63)55-14-16-69-19-20-71-23-24-73-27-28-75-30-29-74-26-25-72-22-21-70-18-17-68-10)32-76-48(66)59-40-13-15-60(47(65)58-40)46-51(52,53)42(61)39(78-46)33-77-81(67,79-49(4,5)6)80-50(7,8)9/h11-13,15,31,34-35,39,41-42,46,61H,14,16-30,32-33,54H2,1-10H3,(H,55,63)(H,56,64)(H,57,62)(H,58,59,65,66)/t35-,39-,41+,42-,46-/m1/s1. The summed E-state index contributed by atoms with van der Waals surface area (Å²) in [6, 6.07) is 3.27. The Balaban J connectivity index is 1.52. The summed E-state index contributed by atoms with van der Waals surface area (Å²) in [6.07, 6.45) is -7.12. The van der Waals surface area contributed by atoms with E-state index in [4.69, 9.17) is 66.7 Å². The lowest BCUT2D eigenvalue weighted by molar-refractivity contribution is -0.141. The molecule has 1 aliphatic heterocycles. The van der Waals surface area contributed by atoms with Gasteiger partial charge in [0.1, 0.15) is 24.6 Å². The number of nitrogens with one attached hydrogen (secondary N) is 4. The molecule has 5 atom stereocenters. The van der Waals surface area contributed by atoms with E-state index in [1.54, 1.807) is 62.5 Å². The van der Waals surface area contributed by atoms with E-state index < -0.39 is 104 Å². The molecule has 0 spiro atoms. The van der Waals surface area contributed by atoms with E-state index in [1.807, 2.05) is 0 Å². The van der Waals surface area contributed by atoms with E-state index in [0.717, 1.165) is 12.3 Å². The van der Waals surface area contributed by atoms with Crippen molar-refractivity contribution >= 4 is 43.1 Å². The van der Waals surface area contributed by atoms with Crippen LogP contribution in [0.2, 0.25) is 0 Å². The van der Waals surface area contributed by atoms with Crippen molar-refractivity contribution in [1.29, 1.82) is 0 Å². The Morgan fingerprint density at radius 3 is 1.77 bits per heavy atom. The number of phosphoric acid groups is 1. The molecular formula is C51H84F2N7O20P. The minimum Gasteiger partial charge on any atom is -0.444 e. The molecule has 0 radical (unpaired) electrons. The summed E-state index contributed by atoms with van der Waals surface area (Å²) < 4.78 is 115. The highest BCUT2D eigenvalue weighted by molar-refractivity contribution is 7.48. The summed E-state index contributed by atoms with van der Waals surface area (Å²) in [4.78, 5) is 69.0. The highest BCUT2D eigenvalue weighted by Gasteiger charge is 2.60. The second-order valence-electron chi connectivity index (χ2n) is 20.4. The molecule has 4 amide bonds. The number of hydrogen-bond acceptors (Lipinski definition) is 22. The average molecular weight is 1180 g/mol. The first-order chi connectivity index (χ1) is 38.2. The number of aromatic nitrogens is 2. The van der Waals surface area contributed by atoms with Crippen LogP contribution in [-0.2, 0) is 81.7 Å². The number of anilines is 2. The number of nitrogens with zero attached hydrogens (tertiary/aromatic N) is 2. The third kappa shape index (κ3) is 27.1. The SMILES string of the molecule is COCCOCCOCCOCCOCCOCCOCCOCCNC(=O)c1cc(NC(=O)[C@@H](C)NC(=O)[C@@H](N)C(C)C)ccc1COC(=O)Nc1ccn([C@@H]2O[C@H](COP(=O)(OC(C)(C)C)OC(C)(C)C)[C@@H](O)C2(F)F)c(=O)n1. The normalized spacial score (nSPS) is 17.2. The number of aliphatic hydroxyl groups is 1. The number of aliphatic hydroxyl groups excluding tert-OH is 1. The van der Waals surface area contributed by atoms with Crippen LogP contribution in [0.5, 0.6) is 0 Å². The van der Waals surface area contributed by atoms with E-state index >= 15 is 8.78 Å². The maximum Gasteiger partial charge on any atom is 0.475 e. The Hall–Kier alpha value is -4.69. The minimum atomic E-state index is -4.42. The van der Waals surface area contributed by atoms with Gasteiger partial charge in [0.2, 0.25) is 18.0 Å². The molecule has 1 aromatic carbocycles. The minimum absolute atomic E-state index is 0.0333. The van der Waals surface area contributed by atoms with Crippen LogP contribution in [0.4, 0.5) is 25.1 Å². The maximum atomic E-state index is 15.5. The number of alkyl halides is 2. The molecule has 81 heavy (non-hydrogen) atoms. The molecule has 2 aromatic rings. The quantitative estimate of drug-likeness (QED) is 0.0412. The maximum absolute atomic E-state index is 15.5. The predicted octanol–water partition coefficient (Wildman–Crippen LogP) is 3.56. The molecule has 2 heterocycles. The number of hydrogen-bond donors (Lipinski definition) is 6. The third-order valence-electron chi connectivity index (χ3n) is 10.8. The number of rotatable bonds is 39. The fourth-order valence-electron chi connectivity index (χ4n) is 6.77. The van der Waals surface area contributed by atoms with Crippen molar-refractivity contribution in [2.24, 2.45) is 11.7 Å². The molecule has 0 bridgehead atoms. The fourth-order valence-corrected chi connectivity index (χ4v) is 8.59. The van der Waals surface area contributed by atoms with Gasteiger partial charge in [-0.2, -0.15) is 13.8 Å². The van der Waals surface area contributed by atoms with Gasteiger partial charge in [0.05, 0.1) is 123 Å². The number of methoxy groups -OCH3 is 1. The van der Waals surface area contributed by atoms with Crippen LogP contribution in [0, 0.1) is 5.92 Å². The molecule has 1 aliphatic rings. The summed E-state index contributed by atoms with van der Waals surface area (Å²) >= 11 is 0. The van der Waals surface area contributed by atoms with E-state index in [-0.39, 0.29) is 49.1 Å². The summed E-state index contributed by atoms with van der Waals surface area (Å²) in [5.74, 6) is -6.53. The first-order valence-electron chi connectivity index (χ1n) is 26.4. The molecule has 1 aromatic heterocycles. The van der Waals surface area contributed by atoms with E-state index in [0.29, 0.717) is 83.8 Å².